The Balaban J connectivity index is 1.57. The van der Waals surface area contributed by atoms with Gasteiger partial charge >= 0.3 is 0 Å². The standard InChI is InChI=1S/C18H27N3O2/c1-17(2,3)21-15(13-4-5-13)10-14(19-21)16(22)20-8-6-18(11-20)7-9-23-12-18/h10,13H,4-9,11-12H2,1-3H3. The Morgan fingerprint density at radius 2 is 2.13 bits per heavy atom. The van der Waals surface area contributed by atoms with E-state index in [1.807, 2.05) is 11.0 Å². The largest absolute Gasteiger partial charge is 0.381 e. The fraction of sp³-hybridized carbons (Fsp3) is 0.778. The molecular formula is C18H27N3O2. The van der Waals surface area contributed by atoms with Crippen LogP contribution < -0.4 is 0 Å². The Bertz CT molecular complexity index is 619. The van der Waals surface area contributed by atoms with Gasteiger partial charge in [-0.25, -0.2) is 0 Å². The summed E-state index contributed by atoms with van der Waals surface area (Å²) < 4.78 is 7.64. The number of aromatic nitrogens is 2. The van der Waals surface area contributed by atoms with Crippen molar-refractivity contribution in [2.75, 3.05) is 26.3 Å². The van der Waals surface area contributed by atoms with Crippen molar-refractivity contribution in [1.29, 1.82) is 0 Å². The van der Waals surface area contributed by atoms with E-state index in [2.05, 4.69) is 25.5 Å². The quantitative estimate of drug-likeness (QED) is 0.842. The lowest BCUT2D eigenvalue weighted by molar-refractivity contribution is 0.0758. The molecule has 1 atom stereocenters. The van der Waals surface area contributed by atoms with Crippen molar-refractivity contribution in [3.05, 3.63) is 17.5 Å². The van der Waals surface area contributed by atoms with E-state index in [0.717, 1.165) is 39.1 Å². The smallest absolute Gasteiger partial charge is 0.274 e. The predicted octanol–water partition coefficient (Wildman–Crippen LogP) is 2.77. The number of ether oxygens (including phenoxy) is 1. The minimum absolute atomic E-state index is 0.0814. The molecular weight excluding hydrogens is 290 g/mol. The van der Waals surface area contributed by atoms with Crippen molar-refractivity contribution in [3.8, 4) is 0 Å². The molecule has 1 saturated carbocycles. The molecule has 2 saturated heterocycles. The van der Waals surface area contributed by atoms with Crippen LogP contribution in [0.2, 0.25) is 0 Å². The summed E-state index contributed by atoms with van der Waals surface area (Å²) in [5, 5.41) is 4.70. The molecule has 1 spiro atoms. The molecule has 4 rings (SSSR count). The first-order chi connectivity index (χ1) is 10.9. The predicted molar refractivity (Wildman–Crippen MR) is 87.6 cm³/mol. The molecule has 1 aromatic heterocycles. The second kappa shape index (κ2) is 5.07. The van der Waals surface area contributed by atoms with E-state index >= 15 is 0 Å². The van der Waals surface area contributed by atoms with Crippen molar-refractivity contribution in [1.82, 2.24) is 14.7 Å². The highest BCUT2D eigenvalue weighted by Crippen LogP contribution is 2.42. The maximum Gasteiger partial charge on any atom is 0.274 e. The van der Waals surface area contributed by atoms with Gasteiger partial charge in [0.2, 0.25) is 0 Å². The molecule has 0 bridgehead atoms. The van der Waals surface area contributed by atoms with Gasteiger partial charge in [0, 0.05) is 36.7 Å². The number of rotatable bonds is 2. The second-order valence-corrected chi connectivity index (χ2v) is 8.59. The summed E-state index contributed by atoms with van der Waals surface area (Å²) in [6, 6.07) is 2.04. The molecule has 126 valence electrons. The lowest BCUT2D eigenvalue weighted by Gasteiger charge is -2.23. The fourth-order valence-electron chi connectivity index (χ4n) is 3.95. The molecule has 5 nitrogen and oxygen atoms in total. The monoisotopic (exact) mass is 317 g/mol. The molecule has 1 aliphatic carbocycles. The van der Waals surface area contributed by atoms with Gasteiger partial charge in [-0.2, -0.15) is 5.10 Å². The summed E-state index contributed by atoms with van der Waals surface area (Å²) in [6.45, 7) is 9.77. The SMILES string of the molecule is CC(C)(C)n1nc(C(=O)N2CCC3(CCOC3)C2)cc1C1CC1. The molecule has 1 amide bonds. The van der Waals surface area contributed by atoms with Crippen molar-refractivity contribution in [2.24, 2.45) is 5.41 Å². The third-order valence-electron chi connectivity index (χ3n) is 5.50. The average Bonchev–Trinajstić information content (AvgIpc) is 2.94. The van der Waals surface area contributed by atoms with E-state index in [1.54, 1.807) is 0 Å². The Labute approximate surface area is 138 Å². The number of hydrogen-bond acceptors (Lipinski definition) is 3. The highest BCUT2D eigenvalue weighted by molar-refractivity contribution is 5.92. The molecule has 1 unspecified atom stereocenters. The normalized spacial score (nSPS) is 28.0. The highest BCUT2D eigenvalue weighted by Gasteiger charge is 2.43. The average molecular weight is 317 g/mol. The fourth-order valence-corrected chi connectivity index (χ4v) is 3.95. The zero-order chi connectivity index (χ0) is 16.2. The van der Waals surface area contributed by atoms with Crippen LogP contribution in [0.1, 0.15) is 68.6 Å². The van der Waals surface area contributed by atoms with Gasteiger partial charge in [-0.15, -0.1) is 0 Å². The van der Waals surface area contributed by atoms with Crippen LogP contribution in [0, 0.1) is 5.41 Å². The number of carbonyl (C=O) groups is 1. The Morgan fingerprint density at radius 3 is 2.74 bits per heavy atom. The minimum atomic E-state index is -0.0814. The molecule has 0 aromatic carbocycles. The first kappa shape index (κ1) is 15.2. The van der Waals surface area contributed by atoms with Gasteiger partial charge in [0.1, 0.15) is 0 Å². The van der Waals surface area contributed by atoms with Crippen molar-refractivity contribution in [2.45, 2.75) is 57.9 Å². The van der Waals surface area contributed by atoms with Gasteiger partial charge in [0.25, 0.3) is 5.91 Å². The topological polar surface area (TPSA) is 47.4 Å². The van der Waals surface area contributed by atoms with E-state index in [1.165, 1.54) is 18.5 Å². The number of amides is 1. The minimum Gasteiger partial charge on any atom is -0.381 e. The lowest BCUT2D eigenvalue weighted by Crippen LogP contribution is -2.33. The second-order valence-electron chi connectivity index (χ2n) is 8.59. The van der Waals surface area contributed by atoms with Gasteiger partial charge in [-0.3, -0.25) is 9.48 Å². The summed E-state index contributed by atoms with van der Waals surface area (Å²) in [4.78, 5) is 14.9. The van der Waals surface area contributed by atoms with Crippen LogP contribution in [-0.4, -0.2) is 46.9 Å². The molecule has 0 radical (unpaired) electrons. The van der Waals surface area contributed by atoms with E-state index in [9.17, 15) is 4.79 Å². The molecule has 1 aromatic rings. The van der Waals surface area contributed by atoms with Crippen molar-refractivity contribution < 1.29 is 9.53 Å². The Hall–Kier alpha value is -1.36. The van der Waals surface area contributed by atoms with Gasteiger partial charge in [-0.1, -0.05) is 0 Å². The van der Waals surface area contributed by atoms with Gasteiger partial charge in [-0.05, 0) is 52.5 Å². The first-order valence-corrected chi connectivity index (χ1v) is 8.86. The molecule has 3 fully saturated rings. The summed E-state index contributed by atoms with van der Waals surface area (Å²) >= 11 is 0. The van der Waals surface area contributed by atoms with E-state index in [4.69, 9.17) is 9.84 Å². The number of nitrogens with zero attached hydrogens (tertiary/aromatic N) is 3. The zero-order valence-corrected chi connectivity index (χ0v) is 14.5. The third kappa shape index (κ3) is 2.69. The van der Waals surface area contributed by atoms with Crippen LogP contribution in [0.25, 0.3) is 0 Å². The first-order valence-electron chi connectivity index (χ1n) is 8.86. The number of hydrogen-bond donors (Lipinski definition) is 0. The van der Waals surface area contributed by atoms with Crippen LogP contribution in [0.4, 0.5) is 0 Å². The summed E-state index contributed by atoms with van der Waals surface area (Å²) in [5.41, 5.74) is 1.99. The zero-order valence-electron chi connectivity index (χ0n) is 14.5. The molecule has 23 heavy (non-hydrogen) atoms. The Morgan fingerprint density at radius 1 is 1.35 bits per heavy atom. The maximum atomic E-state index is 12.9. The van der Waals surface area contributed by atoms with Crippen LogP contribution in [-0.2, 0) is 10.3 Å². The van der Waals surface area contributed by atoms with Crippen LogP contribution in [0.15, 0.2) is 6.07 Å². The van der Waals surface area contributed by atoms with Gasteiger partial charge < -0.3 is 9.64 Å². The number of carbonyl (C=O) groups excluding carboxylic acids is 1. The third-order valence-corrected chi connectivity index (χ3v) is 5.50. The molecule has 0 N–H and O–H groups in total. The molecule has 2 aliphatic heterocycles. The van der Waals surface area contributed by atoms with Crippen LogP contribution >= 0.6 is 0 Å². The van der Waals surface area contributed by atoms with Gasteiger partial charge in [0.15, 0.2) is 5.69 Å². The summed E-state index contributed by atoms with van der Waals surface area (Å²) in [6.07, 6.45) is 4.59. The summed E-state index contributed by atoms with van der Waals surface area (Å²) in [5.74, 6) is 0.690. The lowest BCUT2D eigenvalue weighted by atomic mass is 9.87. The van der Waals surface area contributed by atoms with Gasteiger partial charge in [0.05, 0.1) is 12.1 Å². The molecule has 3 aliphatic rings. The Kier molecular flexibility index (Phi) is 3.34. The molecule has 5 heteroatoms. The van der Waals surface area contributed by atoms with Crippen LogP contribution in [0.5, 0.6) is 0 Å². The summed E-state index contributed by atoms with van der Waals surface area (Å²) in [7, 11) is 0. The van der Waals surface area contributed by atoms with E-state index in [0.29, 0.717) is 11.6 Å². The maximum absolute atomic E-state index is 12.9. The van der Waals surface area contributed by atoms with Crippen LogP contribution in [0.3, 0.4) is 0 Å². The highest BCUT2D eigenvalue weighted by atomic mass is 16.5. The van der Waals surface area contributed by atoms with Crippen molar-refractivity contribution >= 4 is 5.91 Å². The van der Waals surface area contributed by atoms with Crippen molar-refractivity contribution in [3.63, 3.8) is 0 Å². The van der Waals surface area contributed by atoms with E-state index < -0.39 is 0 Å². The number of likely N-dealkylation sites (tertiary alicyclic amines) is 1. The van der Waals surface area contributed by atoms with E-state index in [-0.39, 0.29) is 16.9 Å². The molecule has 3 heterocycles.